The maximum Gasteiger partial charge on any atom is 0.295 e. The SMILES string of the molecule is C[C@H]1Cc2cc(C(O)=C3C(=O)C(=O)N(CCC[NH+](C)C)[C@H]3c3ccncc3)ccc2O1. The van der Waals surface area contributed by atoms with Gasteiger partial charge >= 0.3 is 0 Å². The molecular weight excluding hydrogens is 394 g/mol. The smallest absolute Gasteiger partial charge is 0.295 e. The summed E-state index contributed by atoms with van der Waals surface area (Å²) in [6, 6.07) is 8.33. The molecule has 2 aliphatic heterocycles. The Hall–Kier alpha value is -3.19. The minimum absolute atomic E-state index is 0.0774. The largest absolute Gasteiger partial charge is 0.507 e. The van der Waals surface area contributed by atoms with Crippen molar-refractivity contribution in [3.63, 3.8) is 0 Å². The summed E-state index contributed by atoms with van der Waals surface area (Å²) in [5, 5.41) is 11.2. The van der Waals surface area contributed by atoms with Crippen molar-refractivity contribution in [1.82, 2.24) is 9.88 Å². The van der Waals surface area contributed by atoms with Crippen LogP contribution in [0.1, 0.15) is 36.1 Å². The van der Waals surface area contributed by atoms with Crippen molar-refractivity contribution in [2.75, 3.05) is 27.2 Å². The zero-order valence-electron chi connectivity index (χ0n) is 18.1. The molecule has 0 saturated carbocycles. The molecular formula is C24H28N3O4+. The first-order valence-corrected chi connectivity index (χ1v) is 10.6. The molecule has 0 radical (unpaired) electrons. The van der Waals surface area contributed by atoms with Crippen LogP contribution in [0.2, 0.25) is 0 Å². The molecule has 0 unspecified atom stereocenters. The number of hydrogen-bond donors (Lipinski definition) is 2. The fraction of sp³-hybridized carbons (Fsp3) is 0.375. The van der Waals surface area contributed by atoms with Crippen molar-refractivity contribution < 1.29 is 24.3 Å². The van der Waals surface area contributed by atoms with E-state index >= 15 is 0 Å². The standard InChI is InChI=1S/C24H27N3O4/c1-15-13-18-14-17(5-6-19(18)31-15)22(28)20-21(16-7-9-25-10-8-16)27(24(30)23(20)29)12-4-11-26(2)3/h5-10,14-15,21,28H,4,11-13H2,1-3H3/p+1/t15-,21-/m0/s1. The molecule has 0 bridgehead atoms. The van der Waals surface area contributed by atoms with E-state index in [2.05, 4.69) is 4.98 Å². The van der Waals surface area contributed by atoms with Crippen LogP contribution in [0.4, 0.5) is 0 Å². The van der Waals surface area contributed by atoms with Gasteiger partial charge in [-0.2, -0.15) is 0 Å². The molecule has 2 N–H and O–H groups in total. The summed E-state index contributed by atoms with van der Waals surface area (Å²) in [5.41, 5.74) is 2.39. The summed E-state index contributed by atoms with van der Waals surface area (Å²) in [6.45, 7) is 3.30. The van der Waals surface area contributed by atoms with E-state index in [0.29, 0.717) is 12.1 Å². The number of aromatic nitrogens is 1. The van der Waals surface area contributed by atoms with Crippen LogP contribution >= 0.6 is 0 Å². The first kappa shape index (κ1) is 21.1. The highest BCUT2D eigenvalue weighted by Gasteiger charge is 2.45. The number of ketones is 1. The number of quaternary nitrogens is 1. The highest BCUT2D eigenvalue weighted by Crippen LogP contribution is 2.40. The molecule has 1 fully saturated rings. The number of amides is 1. The number of aliphatic hydroxyl groups excluding tert-OH is 1. The van der Waals surface area contributed by atoms with Crippen LogP contribution in [-0.4, -0.2) is 60.0 Å². The number of carbonyl (C=O) groups is 2. The van der Waals surface area contributed by atoms with E-state index < -0.39 is 17.7 Å². The number of Topliss-reactive ketones (excluding diaryl/α,β-unsaturated/α-hetero) is 1. The van der Waals surface area contributed by atoms with Gasteiger partial charge in [-0.05, 0) is 48.4 Å². The van der Waals surface area contributed by atoms with Gasteiger partial charge in [-0.25, -0.2) is 0 Å². The molecule has 1 amide bonds. The number of ether oxygens (including phenoxy) is 1. The van der Waals surface area contributed by atoms with E-state index in [1.54, 1.807) is 35.5 Å². The third-order valence-electron chi connectivity index (χ3n) is 5.81. The molecule has 1 aromatic heterocycles. The maximum atomic E-state index is 13.0. The Kier molecular flexibility index (Phi) is 5.78. The molecule has 0 spiro atoms. The lowest BCUT2D eigenvalue weighted by molar-refractivity contribution is -0.858. The third-order valence-corrected chi connectivity index (χ3v) is 5.81. The molecule has 1 aromatic carbocycles. The van der Waals surface area contributed by atoms with E-state index in [-0.39, 0.29) is 17.4 Å². The van der Waals surface area contributed by atoms with Crippen molar-refractivity contribution in [2.24, 2.45) is 0 Å². The van der Waals surface area contributed by atoms with Gasteiger partial charge in [0.05, 0.1) is 32.3 Å². The van der Waals surface area contributed by atoms with E-state index in [9.17, 15) is 14.7 Å². The Balaban J connectivity index is 1.76. The second-order valence-corrected chi connectivity index (χ2v) is 8.54. The highest BCUT2D eigenvalue weighted by molar-refractivity contribution is 6.46. The maximum absolute atomic E-state index is 13.0. The second-order valence-electron chi connectivity index (χ2n) is 8.54. The number of carbonyl (C=O) groups excluding carboxylic acids is 2. The van der Waals surface area contributed by atoms with E-state index in [0.717, 1.165) is 36.3 Å². The lowest BCUT2D eigenvalue weighted by Crippen LogP contribution is -3.05. The zero-order chi connectivity index (χ0) is 22.1. The quantitative estimate of drug-likeness (QED) is 0.417. The van der Waals surface area contributed by atoms with E-state index in [1.807, 2.05) is 33.2 Å². The zero-order valence-corrected chi connectivity index (χ0v) is 18.1. The van der Waals surface area contributed by atoms with Gasteiger partial charge < -0.3 is 19.6 Å². The average molecular weight is 423 g/mol. The van der Waals surface area contributed by atoms with Crippen LogP contribution in [0.25, 0.3) is 5.76 Å². The van der Waals surface area contributed by atoms with Gasteiger partial charge in [-0.1, -0.05) is 0 Å². The van der Waals surface area contributed by atoms with Gasteiger partial charge in [0.2, 0.25) is 0 Å². The molecule has 31 heavy (non-hydrogen) atoms. The van der Waals surface area contributed by atoms with Crippen LogP contribution in [0.5, 0.6) is 5.75 Å². The molecule has 0 aliphatic carbocycles. The summed E-state index contributed by atoms with van der Waals surface area (Å²) in [5.74, 6) is -0.582. The van der Waals surface area contributed by atoms with Gasteiger partial charge in [-0.15, -0.1) is 0 Å². The fourth-order valence-corrected chi connectivity index (χ4v) is 4.33. The molecule has 2 aromatic rings. The molecule has 4 rings (SSSR count). The second kappa shape index (κ2) is 8.51. The molecule has 2 aliphatic rings. The molecule has 7 heteroatoms. The molecule has 162 valence electrons. The van der Waals surface area contributed by atoms with Gasteiger partial charge in [0.1, 0.15) is 17.6 Å². The predicted octanol–water partition coefficient (Wildman–Crippen LogP) is 1.36. The Morgan fingerprint density at radius 2 is 1.97 bits per heavy atom. The van der Waals surface area contributed by atoms with Crippen molar-refractivity contribution in [1.29, 1.82) is 0 Å². The first-order chi connectivity index (χ1) is 14.9. The number of pyridine rings is 1. The van der Waals surface area contributed by atoms with E-state index in [1.165, 1.54) is 4.90 Å². The third kappa shape index (κ3) is 4.05. The summed E-state index contributed by atoms with van der Waals surface area (Å²) in [6.07, 6.45) is 4.84. The first-order valence-electron chi connectivity index (χ1n) is 10.6. The fourth-order valence-electron chi connectivity index (χ4n) is 4.33. The molecule has 3 heterocycles. The molecule has 2 atom stereocenters. The number of nitrogens with zero attached hydrogens (tertiary/aromatic N) is 2. The van der Waals surface area contributed by atoms with Gasteiger partial charge in [0.15, 0.2) is 0 Å². The summed E-state index contributed by atoms with van der Waals surface area (Å²) in [4.78, 5) is 32.9. The minimum atomic E-state index is -0.651. The number of benzene rings is 1. The number of nitrogens with one attached hydrogen (secondary N) is 1. The van der Waals surface area contributed by atoms with Crippen LogP contribution in [0.15, 0.2) is 48.3 Å². The monoisotopic (exact) mass is 422 g/mol. The number of hydrogen-bond acceptors (Lipinski definition) is 5. The van der Waals surface area contributed by atoms with Crippen molar-refractivity contribution in [3.8, 4) is 5.75 Å². The number of aliphatic hydroxyl groups is 1. The minimum Gasteiger partial charge on any atom is -0.507 e. The molecule has 1 saturated heterocycles. The number of rotatable bonds is 6. The van der Waals surface area contributed by atoms with Gasteiger partial charge in [-0.3, -0.25) is 14.6 Å². The highest BCUT2D eigenvalue weighted by atomic mass is 16.5. The normalized spacial score (nSPS) is 22.1. The van der Waals surface area contributed by atoms with Crippen LogP contribution in [0, 0.1) is 0 Å². The predicted molar refractivity (Wildman–Crippen MR) is 116 cm³/mol. The Labute approximate surface area is 182 Å². The topological polar surface area (TPSA) is 84.2 Å². The van der Waals surface area contributed by atoms with Crippen molar-refractivity contribution in [2.45, 2.75) is 31.9 Å². The summed E-state index contributed by atoms with van der Waals surface area (Å²) in [7, 11) is 4.10. The van der Waals surface area contributed by atoms with E-state index in [4.69, 9.17) is 4.74 Å². The summed E-state index contributed by atoms with van der Waals surface area (Å²) >= 11 is 0. The Morgan fingerprint density at radius 1 is 1.23 bits per heavy atom. The lowest BCUT2D eigenvalue weighted by atomic mass is 9.95. The van der Waals surface area contributed by atoms with Crippen LogP contribution in [-0.2, 0) is 16.0 Å². The van der Waals surface area contributed by atoms with Crippen LogP contribution < -0.4 is 9.64 Å². The van der Waals surface area contributed by atoms with Crippen molar-refractivity contribution in [3.05, 3.63) is 65.0 Å². The molecule has 7 nitrogen and oxygen atoms in total. The number of fused-ring (bicyclic) bond motifs is 1. The van der Waals surface area contributed by atoms with Crippen molar-refractivity contribution >= 4 is 17.4 Å². The Morgan fingerprint density at radius 3 is 2.68 bits per heavy atom. The Bertz CT molecular complexity index is 1030. The van der Waals surface area contributed by atoms with Crippen LogP contribution in [0.3, 0.4) is 0 Å². The van der Waals surface area contributed by atoms with Gasteiger partial charge in [0.25, 0.3) is 11.7 Å². The average Bonchev–Trinajstić information content (AvgIpc) is 3.24. The lowest BCUT2D eigenvalue weighted by Gasteiger charge is -2.25. The number of likely N-dealkylation sites (tertiary alicyclic amines) is 1. The van der Waals surface area contributed by atoms with Gasteiger partial charge in [0, 0.05) is 37.3 Å². The summed E-state index contributed by atoms with van der Waals surface area (Å²) < 4.78 is 5.74.